The van der Waals surface area contributed by atoms with Gasteiger partial charge in [0, 0.05) is 21.4 Å². The summed E-state index contributed by atoms with van der Waals surface area (Å²) in [5, 5.41) is 8.70. The van der Waals surface area contributed by atoms with Crippen LogP contribution < -0.4 is 4.74 Å². The van der Waals surface area contributed by atoms with E-state index in [0.29, 0.717) is 16.9 Å². The molecule has 4 nitrogen and oxygen atoms in total. The summed E-state index contributed by atoms with van der Waals surface area (Å²) < 4.78 is 12.1. The fraction of sp³-hybridized carbons (Fsp3) is 0.125. The van der Waals surface area contributed by atoms with Crippen LogP contribution in [0.25, 0.3) is 11.5 Å². The minimum atomic E-state index is 0.532. The molecule has 0 amide bonds. The summed E-state index contributed by atoms with van der Waals surface area (Å²) in [5.74, 6) is 2.07. The van der Waals surface area contributed by atoms with Gasteiger partial charge in [-0.2, -0.15) is 0 Å². The first-order chi connectivity index (χ1) is 10.8. The second-order valence-corrected chi connectivity index (χ2v) is 6.33. The zero-order valence-corrected chi connectivity index (χ0v) is 14.2. The molecule has 1 heterocycles. The molecule has 0 aliphatic rings. The SMILES string of the molecule is COc1ccc(Br)cc1CSc1nnc(-c2ccccc2)o1. The molecule has 1 aromatic heterocycles. The van der Waals surface area contributed by atoms with Gasteiger partial charge in [0.05, 0.1) is 7.11 Å². The fourth-order valence-corrected chi connectivity index (χ4v) is 3.11. The maximum Gasteiger partial charge on any atom is 0.277 e. The van der Waals surface area contributed by atoms with Crippen LogP contribution in [0.15, 0.2) is 62.6 Å². The molecule has 0 radical (unpaired) electrons. The molecule has 0 unspecified atom stereocenters. The lowest BCUT2D eigenvalue weighted by molar-refractivity contribution is 0.411. The van der Waals surface area contributed by atoms with Crippen molar-refractivity contribution in [1.29, 1.82) is 0 Å². The van der Waals surface area contributed by atoms with E-state index in [2.05, 4.69) is 26.1 Å². The molecule has 3 rings (SSSR count). The lowest BCUT2D eigenvalue weighted by atomic mass is 10.2. The average Bonchev–Trinajstić information content (AvgIpc) is 3.03. The molecule has 2 aromatic carbocycles. The highest BCUT2D eigenvalue weighted by Crippen LogP contribution is 2.30. The van der Waals surface area contributed by atoms with Crippen molar-refractivity contribution in [3.05, 3.63) is 58.6 Å². The molecule has 22 heavy (non-hydrogen) atoms. The highest BCUT2D eigenvalue weighted by Gasteiger charge is 2.11. The Hall–Kier alpha value is -1.79. The van der Waals surface area contributed by atoms with E-state index in [1.165, 1.54) is 11.8 Å². The summed E-state index contributed by atoms with van der Waals surface area (Å²) in [6.07, 6.45) is 0. The van der Waals surface area contributed by atoms with Gasteiger partial charge in [0.25, 0.3) is 5.22 Å². The summed E-state index contributed by atoms with van der Waals surface area (Å²) in [4.78, 5) is 0. The third kappa shape index (κ3) is 3.51. The number of nitrogens with zero attached hydrogens (tertiary/aromatic N) is 2. The Kier molecular flexibility index (Phi) is 4.80. The minimum Gasteiger partial charge on any atom is -0.496 e. The van der Waals surface area contributed by atoms with Gasteiger partial charge < -0.3 is 9.15 Å². The molecule has 3 aromatic rings. The van der Waals surface area contributed by atoms with Crippen LogP contribution in [0.4, 0.5) is 0 Å². The first-order valence-corrected chi connectivity index (χ1v) is 8.38. The molecule has 0 N–H and O–H groups in total. The predicted molar refractivity (Wildman–Crippen MR) is 90.0 cm³/mol. The molecule has 0 aliphatic carbocycles. The summed E-state index contributed by atoms with van der Waals surface area (Å²) in [7, 11) is 1.66. The van der Waals surface area contributed by atoms with E-state index in [1.807, 2.05) is 48.5 Å². The fourth-order valence-electron chi connectivity index (χ4n) is 1.96. The van der Waals surface area contributed by atoms with Crippen molar-refractivity contribution in [3.8, 4) is 17.2 Å². The van der Waals surface area contributed by atoms with E-state index >= 15 is 0 Å². The van der Waals surface area contributed by atoms with Gasteiger partial charge in [-0.15, -0.1) is 10.2 Å². The molecule has 6 heteroatoms. The molecule has 0 bridgehead atoms. The quantitative estimate of drug-likeness (QED) is 0.598. The van der Waals surface area contributed by atoms with Gasteiger partial charge in [-0.25, -0.2) is 0 Å². The second-order valence-electron chi connectivity index (χ2n) is 4.48. The van der Waals surface area contributed by atoms with Gasteiger partial charge in [-0.05, 0) is 30.3 Å². The molecule has 0 saturated carbocycles. The van der Waals surface area contributed by atoms with Crippen molar-refractivity contribution in [2.45, 2.75) is 11.0 Å². The van der Waals surface area contributed by atoms with Gasteiger partial charge in [0.15, 0.2) is 0 Å². The summed E-state index contributed by atoms with van der Waals surface area (Å²) >= 11 is 4.96. The summed E-state index contributed by atoms with van der Waals surface area (Å²) in [5.41, 5.74) is 1.99. The Morgan fingerprint density at radius 3 is 2.73 bits per heavy atom. The number of halogens is 1. The first-order valence-electron chi connectivity index (χ1n) is 6.60. The number of hydrogen-bond acceptors (Lipinski definition) is 5. The Morgan fingerprint density at radius 2 is 1.95 bits per heavy atom. The molecule has 0 atom stereocenters. The monoisotopic (exact) mass is 376 g/mol. The minimum absolute atomic E-state index is 0.532. The number of benzene rings is 2. The number of hydrogen-bond donors (Lipinski definition) is 0. The maximum atomic E-state index is 5.68. The van der Waals surface area contributed by atoms with Crippen LogP contribution in [-0.2, 0) is 5.75 Å². The van der Waals surface area contributed by atoms with Crippen molar-refractivity contribution in [3.63, 3.8) is 0 Å². The van der Waals surface area contributed by atoms with Crippen molar-refractivity contribution >= 4 is 27.7 Å². The maximum absolute atomic E-state index is 5.68. The molecular formula is C16H13BrN2O2S. The highest BCUT2D eigenvalue weighted by atomic mass is 79.9. The zero-order chi connectivity index (χ0) is 15.4. The van der Waals surface area contributed by atoms with E-state index < -0.39 is 0 Å². The number of ether oxygens (including phenoxy) is 1. The van der Waals surface area contributed by atoms with Gasteiger partial charge in [0.1, 0.15) is 5.75 Å². The van der Waals surface area contributed by atoms with E-state index in [4.69, 9.17) is 9.15 Å². The standard InChI is InChI=1S/C16H13BrN2O2S/c1-20-14-8-7-13(17)9-12(14)10-22-16-19-18-15(21-16)11-5-3-2-4-6-11/h2-9H,10H2,1H3. The molecule has 0 aliphatic heterocycles. The van der Waals surface area contributed by atoms with Crippen LogP contribution >= 0.6 is 27.7 Å². The molecule has 0 saturated heterocycles. The van der Waals surface area contributed by atoms with Crippen LogP contribution in [0.3, 0.4) is 0 Å². The van der Waals surface area contributed by atoms with Crippen molar-refractivity contribution in [2.75, 3.05) is 7.11 Å². The van der Waals surface area contributed by atoms with Crippen LogP contribution in [0.1, 0.15) is 5.56 Å². The normalized spacial score (nSPS) is 10.6. The van der Waals surface area contributed by atoms with Gasteiger partial charge >= 0.3 is 0 Å². The van der Waals surface area contributed by atoms with Gasteiger partial charge in [-0.1, -0.05) is 45.9 Å². The lowest BCUT2D eigenvalue weighted by Crippen LogP contribution is -1.90. The van der Waals surface area contributed by atoms with Crippen LogP contribution in [0.5, 0.6) is 5.75 Å². The second kappa shape index (κ2) is 6.98. The molecular weight excluding hydrogens is 364 g/mol. The van der Waals surface area contributed by atoms with Crippen molar-refractivity contribution < 1.29 is 9.15 Å². The predicted octanol–water partition coefficient (Wildman–Crippen LogP) is 4.80. The van der Waals surface area contributed by atoms with Crippen LogP contribution in [-0.4, -0.2) is 17.3 Å². The van der Waals surface area contributed by atoms with Crippen LogP contribution in [0, 0.1) is 0 Å². The molecule has 0 fully saturated rings. The van der Waals surface area contributed by atoms with Crippen molar-refractivity contribution in [2.24, 2.45) is 0 Å². The number of thioether (sulfide) groups is 1. The van der Waals surface area contributed by atoms with E-state index in [-0.39, 0.29) is 0 Å². The lowest BCUT2D eigenvalue weighted by Gasteiger charge is -2.07. The van der Waals surface area contributed by atoms with E-state index in [0.717, 1.165) is 21.3 Å². The number of rotatable bonds is 5. The van der Waals surface area contributed by atoms with Gasteiger partial charge in [0.2, 0.25) is 5.89 Å². The number of aromatic nitrogens is 2. The smallest absolute Gasteiger partial charge is 0.277 e. The third-order valence-corrected chi connectivity index (χ3v) is 4.38. The Labute approximate surface area is 141 Å². The average molecular weight is 377 g/mol. The van der Waals surface area contributed by atoms with Gasteiger partial charge in [-0.3, -0.25) is 0 Å². The molecule has 112 valence electrons. The Balaban J connectivity index is 1.73. The Morgan fingerprint density at radius 1 is 1.14 bits per heavy atom. The summed E-state index contributed by atoms with van der Waals surface area (Å²) in [6, 6.07) is 15.6. The topological polar surface area (TPSA) is 48.2 Å². The van der Waals surface area contributed by atoms with E-state index in [1.54, 1.807) is 7.11 Å². The van der Waals surface area contributed by atoms with Crippen LogP contribution in [0.2, 0.25) is 0 Å². The summed E-state index contributed by atoms with van der Waals surface area (Å²) in [6.45, 7) is 0. The number of methoxy groups -OCH3 is 1. The Bertz CT molecular complexity index is 762. The third-order valence-electron chi connectivity index (χ3n) is 3.02. The first kappa shape index (κ1) is 15.1. The largest absolute Gasteiger partial charge is 0.496 e. The molecule has 0 spiro atoms. The van der Waals surface area contributed by atoms with E-state index in [9.17, 15) is 0 Å². The highest BCUT2D eigenvalue weighted by molar-refractivity contribution is 9.10. The zero-order valence-electron chi connectivity index (χ0n) is 11.8. The van der Waals surface area contributed by atoms with Crippen molar-refractivity contribution in [1.82, 2.24) is 10.2 Å².